The van der Waals surface area contributed by atoms with Crippen molar-refractivity contribution in [1.82, 2.24) is 4.98 Å². The summed E-state index contributed by atoms with van der Waals surface area (Å²) in [6.07, 6.45) is 2.60. The van der Waals surface area contributed by atoms with Crippen LogP contribution in [0.2, 0.25) is 0 Å². The third-order valence-electron chi connectivity index (χ3n) is 2.95. The highest BCUT2D eigenvalue weighted by Crippen LogP contribution is 2.23. The molecule has 94 valence electrons. The highest BCUT2D eigenvalue weighted by Gasteiger charge is 2.20. The molecular formula is C12H18N2O2S. The van der Waals surface area contributed by atoms with Gasteiger partial charge in [0.05, 0.1) is 6.10 Å². The first-order valence-corrected chi connectivity index (χ1v) is 6.91. The van der Waals surface area contributed by atoms with Gasteiger partial charge in [-0.25, -0.2) is 4.98 Å². The fraction of sp³-hybridized carbons (Fsp3) is 0.667. The molecule has 4 nitrogen and oxygen atoms in total. The Balaban J connectivity index is 2.02. The van der Waals surface area contributed by atoms with Gasteiger partial charge in [-0.1, -0.05) is 0 Å². The van der Waals surface area contributed by atoms with Gasteiger partial charge in [0.2, 0.25) is 0 Å². The lowest BCUT2D eigenvalue weighted by Gasteiger charge is -2.23. The molecule has 5 heteroatoms. The van der Waals surface area contributed by atoms with E-state index in [9.17, 15) is 4.79 Å². The molecule has 0 bridgehead atoms. The summed E-state index contributed by atoms with van der Waals surface area (Å²) in [5, 5.41) is 2.75. The average Bonchev–Trinajstić information content (AvgIpc) is 2.96. The van der Waals surface area contributed by atoms with Gasteiger partial charge in [-0.05, 0) is 19.8 Å². The molecule has 0 N–H and O–H groups in total. The van der Waals surface area contributed by atoms with Crippen LogP contribution in [0.1, 0.15) is 37.2 Å². The first kappa shape index (κ1) is 12.5. The van der Waals surface area contributed by atoms with Crippen molar-refractivity contribution < 1.29 is 9.53 Å². The number of nitrogens with zero attached hydrogens (tertiary/aromatic N) is 2. The Labute approximate surface area is 106 Å². The quantitative estimate of drug-likeness (QED) is 0.756. The zero-order chi connectivity index (χ0) is 12.3. The summed E-state index contributed by atoms with van der Waals surface area (Å²) in [4.78, 5) is 17.8. The zero-order valence-electron chi connectivity index (χ0n) is 10.3. The molecule has 1 aromatic rings. The van der Waals surface area contributed by atoms with Gasteiger partial charge in [0.25, 0.3) is 0 Å². The second-order valence-electron chi connectivity index (χ2n) is 4.25. The van der Waals surface area contributed by atoms with Crippen LogP contribution in [0, 0.1) is 0 Å². The van der Waals surface area contributed by atoms with Gasteiger partial charge in [0.15, 0.2) is 10.9 Å². The smallest absolute Gasteiger partial charge is 0.186 e. The lowest BCUT2D eigenvalue weighted by atomic mass is 10.2. The maximum absolute atomic E-state index is 11.2. The number of hydrogen-bond donors (Lipinski definition) is 0. The number of Topliss-reactive ketones (excluding diaryl/α,β-unsaturated/α-hetero) is 1. The predicted molar refractivity (Wildman–Crippen MR) is 69.0 cm³/mol. The number of hydrogen-bond acceptors (Lipinski definition) is 5. The number of anilines is 1. The van der Waals surface area contributed by atoms with E-state index in [0.717, 1.165) is 37.7 Å². The summed E-state index contributed by atoms with van der Waals surface area (Å²) in [5.74, 6) is 0.0284. The average molecular weight is 254 g/mol. The summed E-state index contributed by atoms with van der Waals surface area (Å²) in [6.45, 7) is 6.30. The van der Waals surface area contributed by atoms with E-state index in [1.807, 2.05) is 5.38 Å². The minimum Gasteiger partial charge on any atom is -0.376 e. The summed E-state index contributed by atoms with van der Waals surface area (Å²) in [5.41, 5.74) is 0.566. The Bertz CT molecular complexity index is 386. The monoisotopic (exact) mass is 254 g/mol. The summed E-state index contributed by atoms with van der Waals surface area (Å²) < 4.78 is 5.63. The molecule has 1 atom stereocenters. The normalized spacial score (nSPS) is 19.5. The Kier molecular flexibility index (Phi) is 4.12. The van der Waals surface area contributed by atoms with Crippen molar-refractivity contribution >= 4 is 22.3 Å². The Morgan fingerprint density at radius 1 is 1.71 bits per heavy atom. The molecule has 0 saturated carbocycles. The fourth-order valence-corrected chi connectivity index (χ4v) is 2.89. The minimum atomic E-state index is 0.0284. The van der Waals surface area contributed by atoms with Crippen LogP contribution < -0.4 is 4.90 Å². The van der Waals surface area contributed by atoms with Crippen molar-refractivity contribution in [3.05, 3.63) is 11.1 Å². The predicted octanol–water partition coefficient (Wildman–Crippen LogP) is 2.35. The van der Waals surface area contributed by atoms with E-state index in [2.05, 4.69) is 16.8 Å². The van der Waals surface area contributed by atoms with Gasteiger partial charge >= 0.3 is 0 Å². The van der Waals surface area contributed by atoms with Crippen LogP contribution in [-0.4, -0.2) is 36.6 Å². The molecule has 1 aliphatic heterocycles. The van der Waals surface area contributed by atoms with Crippen LogP contribution in [0.15, 0.2) is 5.38 Å². The molecule has 0 amide bonds. The van der Waals surface area contributed by atoms with E-state index in [1.54, 1.807) is 6.92 Å². The van der Waals surface area contributed by atoms with Gasteiger partial charge in [0, 0.05) is 32.0 Å². The third kappa shape index (κ3) is 3.04. The molecule has 1 fully saturated rings. The van der Waals surface area contributed by atoms with Gasteiger partial charge in [-0.2, -0.15) is 0 Å². The molecule has 17 heavy (non-hydrogen) atoms. The molecule has 0 spiro atoms. The van der Waals surface area contributed by atoms with Crippen LogP contribution >= 0.6 is 11.3 Å². The van der Waals surface area contributed by atoms with Crippen LogP contribution in [-0.2, 0) is 4.74 Å². The SMILES string of the molecule is CCN(CC1CCCO1)c1nc(C(C)=O)cs1. The van der Waals surface area contributed by atoms with Crippen molar-refractivity contribution in [1.29, 1.82) is 0 Å². The lowest BCUT2D eigenvalue weighted by molar-refractivity contribution is 0.101. The van der Waals surface area contributed by atoms with Crippen LogP contribution in [0.4, 0.5) is 5.13 Å². The number of aromatic nitrogens is 1. The van der Waals surface area contributed by atoms with E-state index in [-0.39, 0.29) is 5.78 Å². The summed E-state index contributed by atoms with van der Waals surface area (Å²) >= 11 is 1.53. The largest absolute Gasteiger partial charge is 0.376 e. The van der Waals surface area contributed by atoms with Crippen molar-refractivity contribution in [2.45, 2.75) is 32.8 Å². The minimum absolute atomic E-state index is 0.0284. The molecule has 1 unspecified atom stereocenters. The van der Waals surface area contributed by atoms with Gasteiger partial charge in [-0.3, -0.25) is 4.79 Å². The number of ketones is 1. The number of thiazole rings is 1. The highest BCUT2D eigenvalue weighted by atomic mass is 32.1. The molecule has 1 saturated heterocycles. The van der Waals surface area contributed by atoms with Crippen LogP contribution in [0.3, 0.4) is 0 Å². The second kappa shape index (κ2) is 5.60. The summed E-state index contributed by atoms with van der Waals surface area (Å²) in [6, 6.07) is 0. The molecule has 1 aliphatic rings. The van der Waals surface area contributed by atoms with Crippen LogP contribution in [0.5, 0.6) is 0 Å². The number of rotatable bonds is 5. The first-order valence-electron chi connectivity index (χ1n) is 6.03. The van der Waals surface area contributed by atoms with E-state index in [1.165, 1.54) is 11.3 Å². The Morgan fingerprint density at radius 2 is 2.53 bits per heavy atom. The Hall–Kier alpha value is -0.940. The second-order valence-corrected chi connectivity index (χ2v) is 5.08. The topological polar surface area (TPSA) is 42.4 Å². The van der Waals surface area contributed by atoms with E-state index < -0.39 is 0 Å². The lowest BCUT2D eigenvalue weighted by Crippen LogP contribution is -2.31. The van der Waals surface area contributed by atoms with E-state index in [0.29, 0.717) is 11.8 Å². The third-order valence-corrected chi connectivity index (χ3v) is 3.85. The Morgan fingerprint density at radius 3 is 3.06 bits per heavy atom. The van der Waals surface area contributed by atoms with E-state index in [4.69, 9.17) is 4.74 Å². The molecule has 0 radical (unpaired) electrons. The van der Waals surface area contributed by atoms with E-state index >= 15 is 0 Å². The maximum Gasteiger partial charge on any atom is 0.186 e. The first-order chi connectivity index (χ1) is 8.20. The molecule has 1 aromatic heterocycles. The number of likely N-dealkylation sites (N-methyl/N-ethyl adjacent to an activating group) is 1. The van der Waals surface area contributed by atoms with Crippen molar-refractivity contribution in [2.24, 2.45) is 0 Å². The summed E-state index contributed by atoms with van der Waals surface area (Å²) in [7, 11) is 0. The zero-order valence-corrected chi connectivity index (χ0v) is 11.1. The molecule has 0 aromatic carbocycles. The highest BCUT2D eigenvalue weighted by molar-refractivity contribution is 7.13. The van der Waals surface area contributed by atoms with Gasteiger partial charge < -0.3 is 9.64 Å². The van der Waals surface area contributed by atoms with Gasteiger partial charge in [0.1, 0.15) is 5.69 Å². The fourth-order valence-electron chi connectivity index (χ4n) is 1.95. The standard InChI is InChI=1S/C12H18N2O2S/c1-3-14(7-10-5-4-6-16-10)12-13-11(8-17-12)9(2)15/h8,10H,3-7H2,1-2H3. The number of ether oxygens (including phenoxy) is 1. The molecule has 2 heterocycles. The molecule has 0 aliphatic carbocycles. The van der Waals surface area contributed by atoms with Crippen LogP contribution in [0.25, 0.3) is 0 Å². The van der Waals surface area contributed by atoms with Crippen molar-refractivity contribution in [2.75, 3.05) is 24.6 Å². The molecular weight excluding hydrogens is 236 g/mol. The van der Waals surface area contributed by atoms with Crippen molar-refractivity contribution in [3.8, 4) is 0 Å². The maximum atomic E-state index is 11.2. The molecule has 2 rings (SSSR count). The van der Waals surface area contributed by atoms with Crippen molar-refractivity contribution in [3.63, 3.8) is 0 Å². The number of carbonyl (C=O) groups excluding carboxylic acids is 1. The van der Waals surface area contributed by atoms with Gasteiger partial charge in [-0.15, -0.1) is 11.3 Å². The number of carbonyl (C=O) groups is 1.